The smallest absolute Gasteiger partial charge is 0.177 e. The van der Waals surface area contributed by atoms with Crippen LogP contribution >= 0.6 is 12.2 Å². The van der Waals surface area contributed by atoms with Gasteiger partial charge in [-0.25, -0.2) is 0 Å². The van der Waals surface area contributed by atoms with Crippen LogP contribution in [0.25, 0.3) is 0 Å². The van der Waals surface area contributed by atoms with Crippen LogP contribution in [0.1, 0.15) is 32.0 Å². The molecule has 3 heteroatoms. The van der Waals surface area contributed by atoms with E-state index in [4.69, 9.17) is 12.2 Å². The summed E-state index contributed by atoms with van der Waals surface area (Å²) in [5.74, 6) is 0. The van der Waals surface area contributed by atoms with Crippen molar-refractivity contribution < 1.29 is 0 Å². The van der Waals surface area contributed by atoms with E-state index in [1.165, 1.54) is 5.69 Å². The maximum atomic E-state index is 5.12. The zero-order valence-corrected chi connectivity index (χ0v) is 8.03. The van der Waals surface area contributed by atoms with Crippen LogP contribution in [-0.4, -0.2) is 9.55 Å². The summed E-state index contributed by atoms with van der Waals surface area (Å²) in [7, 11) is 0. The Balaban J connectivity index is 3.10. The van der Waals surface area contributed by atoms with E-state index in [-0.39, 0.29) is 0 Å². The van der Waals surface area contributed by atoms with Crippen molar-refractivity contribution in [3.8, 4) is 0 Å². The van der Waals surface area contributed by atoms with E-state index in [1.807, 2.05) is 6.20 Å². The quantitative estimate of drug-likeness (QED) is 0.677. The number of imidazole rings is 1. The number of rotatable bonds is 2. The first kappa shape index (κ1) is 8.53. The summed E-state index contributed by atoms with van der Waals surface area (Å²) in [4.78, 5) is 3.03. The number of hydrogen-bond acceptors (Lipinski definition) is 1. The van der Waals surface area contributed by atoms with Gasteiger partial charge in [0, 0.05) is 17.9 Å². The second-order valence-electron chi connectivity index (χ2n) is 2.86. The average Bonchev–Trinajstić information content (AvgIpc) is 2.30. The van der Waals surface area contributed by atoms with Crippen molar-refractivity contribution in [2.24, 2.45) is 0 Å². The van der Waals surface area contributed by atoms with E-state index in [1.54, 1.807) is 0 Å². The van der Waals surface area contributed by atoms with E-state index in [2.05, 4.69) is 30.3 Å². The predicted molar refractivity (Wildman–Crippen MR) is 49.4 cm³/mol. The van der Waals surface area contributed by atoms with E-state index in [0.717, 1.165) is 11.2 Å². The lowest BCUT2D eigenvalue weighted by atomic mass is 10.2. The maximum Gasteiger partial charge on any atom is 0.177 e. The summed E-state index contributed by atoms with van der Waals surface area (Å²) in [5.41, 5.74) is 1.21. The van der Waals surface area contributed by atoms with E-state index < -0.39 is 0 Å². The molecule has 0 saturated heterocycles. The molecule has 0 radical (unpaired) electrons. The molecule has 1 heterocycles. The Morgan fingerprint density at radius 1 is 1.73 bits per heavy atom. The minimum Gasteiger partial charge on any atom is -0.337 e. The lowest BCUT2D eigenvalue weighted by Gasteiger charge is -2.11. The monoisotopic (exact) mass is 170 g/mol. The van der Waals surface area contributed by atoms with Crippen molar-refractivity contribution in [2.75, 3.05) is 0 Å². The summed E-state index contributed by atoms with van der Waals surface area (Å²) in [6.07, 6.45) is 3.07. The van der Waals surface area contributed by atoms with Gasteiger partial charge < -0.3 is 9.55 Å². The van der Waals surface area contributed by atoms with Gasteiger partial charge in [-0.1, -0.05) is 6.92 Å². The lowest BCUT2D eigenvalue weighted by Crippen LogP contribution is -2.05. The number of aromatic amines is 1. The average molecular weight is 170 g/mol. The van der Waals surface area contributed by atoms with Gasteiger partial charge in [0.15, 0.2) is 4.77 Å². The summed E-state index contributed by atoms with van der Waals surface area (Å²) in [6, 6.07) is 0.508. The van der Waals surface area contributed by atoms with Crippen LogP contribution in [0.5, 0.6) is 0 Å². The van der Waals surface area contributed by atoms with Gasteiger partial charge in [0.05, 0.1) is 0 Å². The molecule has 0 amide bonds. The molecule has 1 unspecified atom stereocenters. The van der Waals surface area contributed by atoms with Crippen LogP contribution in [0.2, 0.25) is 0 Å². The van der Waals surface area contributed by atoms with Crippen molar-refractivity contribution in [3.05, 3.63) is 16.7 Å². The van der Waals surface area contributed by atoms with Crippen molar-refractivity contribution in [2.45, 2.75) is 33.2 Å². The first-order chi connectivity index (χ1) is 5.16. The number of nitrogens with zero attached hydrogens (tertiary/aromatic N) is 1. The fraction of sp³-hybridized carbons (Fsp3) is 0.625. The Bertz CT molecular complexity index is 285. The Kier molecular flexibility index (Phi) is 2.49. The fourth-order valence-corrected chi connectivity index (χ4v) is 1.58. The van der Waals surface area contributed by atoms with Crippen molar-refractivity contribution >= 4 is 12.2 Å². The molecule has 0 aliphatic heterocycles. The third-order valence-corrected chi connectivity index (χ3v) is 2.35. The third-order valence-electron chi connectivity index (χ3n) is 2.03. The summed E-state index contributed by atoms with van der Waals surface area (Å²) in [6.45, 7) is 6.41. The molecule has 1 rings (SSSR count). The van der Waals surface area contributed by atoms with Crippen LogP contribution in [0.4, 0.5) is 0 Å². The van der Waals surface area contributed by atoms with Crippen molar-refractivity contribution in [3.63, 3.8) is 0 Å². The lowest BCUT2D eigenvalue weighted by molar-refractivity contribution is 0.514. The molecule has 0 aliphatic rings. The highest BCUT2D eigenvalue weighted by Gasteiger charge is 2.04. The van der Waals surface area contributed by atoms with Crippen LogP contribution in [0, 0.1) is 11.7 Å². The summed E-state index contributed by atoms with van der Waals surface area (Å²) >= 11 is 5.12. The fourth-order valence-electron chi connectivity index (χ4n) is 1.20. The van der Waals surface area contributed by atoms with Gasteiger partial charge in [-0.3, -0.25) is 0 Å². The number of H-pyrrole nitrogens is 1. The van der Waals surface area contributed by atoms with Gasteiger partial charge >= 0.3 is 0 Å². The Morgan fingerprint density at radius 3 is 2.73 bits per heavy atom. The second-order valence-corrected chi connectivity index (χ2v) is 3.25. The predicted octanol–water partition coefficient (Wildman–Crippen LogP) is 2.83. The maximum absolute atomic E-state index is 5.12. The molecule has 1 aromatic heterocycles. The van der Waals surface area contributed by atoms with Gasteiger partial charge in [-0.15, -0.1) is 0 Å². The number of aromatic nitrogens is 2. The summed E-state index contributed by atoms with van der Waals surface area (Å²) < 4.78 is 2.98. The Morgan fingerprint density at radius 2 is 2.36 bits per heavy atom. The highest BCUT2D eigenvalue weighted by atomic mass is 32.1. The van der Waals surface area contributed by atoms with E-state index in [9.17, 15) is 0 Å². The van der Waals surface area contributed by atoms with Crippen molar-refractivity contribution in [1.29, 1.82) is 0 Å². The standard InChI is InChI=1S/C8H14N2S/c1-4-6(2)10-7(3)5-9-8(10)11/h5-6H,4H2,1-3H3,(H,9,11). The van der Waals surface area contributed by atoms with E-state index >= 15 is 0 Å². The molecule has 1 atom stereocenters. The second kappa shape index (κ2) is 3.22. The first-order valence-corrected chi connectivity index (χ1v) is 4.34. The minimum absolute atomic E-state index is 0.508. The molecule has 0 aliphatic carbocycles. The van der Waals surface area contributed by atoms with Gasteiger partial charge in [-0.05, 0) is 32.5 Å². The normalized spacial score (nSPS) is 13.4. The molecule has 0 fully saturated rings. The Hall–Kier alpha value is -0.570. The number of aryl methyl sites for hydroxylation is 1. The SMILES string of the molecule is CCC(C)n1c(C)c[nH]c1=S. The molecule has 0 bridgehead atoms. The number of nitrogens with one attached hydrogen (secondary N) is 1. The minimum atomic E-state index is 0.508. The van der Waals surface area contributed by atoms with Crippen LogP contribution in [-0.2, 0) is 0 Å². The van der Waals surface area contributed by atoms with Gasteiger partial charge in [-0.2, -0.15) is 0 Å². The molecule has 1 N–H and O–H groups in total. The molecule has 0 saturated carbocycles. The van der Waals surface area contributed by atoms with Gasteiger partial charge in [0.2, 0.25) is 0 Å². The van der Waals surface area contributed by atoms with E-state index in [0.29, 0.717) is 6.04 Å². The molecule has 62 valence electrons. The van der Waals surface area contributed by atoms with Gasteiger partial charge in [0.25, 0.3) is 0 Å². The van der Waals surface area contributed by atoms with Gasteiger partial charge in [0.1, 0.15) is 0 Å². The Labute approximate surface area is 72.3 Å². The summed E-state index contributed by atoms with van der Waals surface area (Å²) in [5, 5.41) is 0. The number of hydrogen-bond donors (Lipinski definition) is 1. The largest absolute Gasteiger partial charge is 0.337 e. The van der Waals surface area contributed by atoms with Crippen molar-refractivity contribution in [1.82, 2.24) is 9.55 Å². The molecule has 2 nitrogen and oxygen atoms in total. The topological polar surface area (TPSA) is 20.7 Å². The molecule has 1 aromatic rings. The zero-order valence-electron chi connectivity index (χ0n) is 7.22. The highest BCUT2D eigenvalue weighted by molar-refractivity contribution is 7.71. The molecule has 0 aromatic carbocycles. The molecule has 11 heavy (non-hydrogen) atoms. The third kappa shape index (κ3) is 1.53. The first-order valence-electron chi connectivity index (χ1n) is 3.93. The molecule has 0 spiro atoms. The molecular formula is C8H14N2S. The zero-order chi connectivity index (χ0) is 8.43. The van der Waals surface area contributed by atoms with Crippen LogP contribution in [0.15, 0.2) is 6.20 Å². The van der Waals surface area contributed by atoms with Crippen LogP contribution in [0.3, 0.4) is 0 Å². The highest BCUT2D eigenvalue weighted by Crippen LogP contribution is 2.13. The van der Waals surface area contributed by atoms with Crippen LogP contribution < -0.4 is 0 Å². The molecular weight excluding hydrogens is 156 g/mol.